The number of benzene rings is 1. The van der Waals surface area contributed by atoms with E-state index in [2.05, 4.69) is 10.4 Å². The average Bonchev–Trinajstić information content (AvgIpc) is 3.37. The predicted molar refractivity (Wildman–Crippen MR) is 84.5 cm³/mol. The van der Waals surface area contributed by atoms with Crippen molar-refractivity contribution in [2.24, 2.45) is 10.9 Å². The fourth-order valence-electron chi connectivity index (χ4n) is 4.36. The Morgan fingerprint density at radius 2 is 2.13 bits per heavy atom. The van der Waals surface area contributed by atoms with Crippen molar-refractivity contribution >= 4 is 5.84 Å². The molecule has 1 atom stereocenters. The fraction of sp³-hybridized carbons (Fsp3) is 0.588. The van der Waals surface area contributed by atoms with Crippen molar-refractivity contribution in [1.82, 2.24) is 10.4 Å². The van der Waals surface area contributed by atoms with E-state index in [0.717, 1.165) is 38.8 Å². The maximum absolute atomic E-state index is 14.3. The first-order valence-corrected chi connectivity index (χ1v) is 8.25. The Kier molecular flexibility index (Phi) is 3.54. The van der Waals surface area contributed by atoms with Crippen LogP contribution in [0.15, 0.2) is 23.2 Å². The maximum Gasteiger partial charge on any atom is 0.155 e. The number of nitrogens with zero attached hydrogens (tertiary/aromatic N) is 2. The molecule has 4 aliphatic rings. The number of nitrogens with one attached hydrogen (secondary N) is 1. The molecular formula is C17H22FN3O2. The molecule has 1 saturated carbocycles. The number of hydrogen-bond donors (Lipinski definition) is 2. The second kappa shape index (κ2) is 5.46. The van der Waals surface area contributed by atoms with Crippen molar-refractivity contribution in [1.29, 1.82) is 0 Å². The first-order chi connectivity index (χ1) is 11.2. The second-order valence-corrected chi connectivity index (χ2v) is 6.81. The maximum atomic E-state index is 14.3. The SMILES string of the molecule is COc1ccc(C(=N[C@@H]2C3CCN(CC3)C23CC3)NO)c(F)c1. The summed E-state index contributed by atoms with van der Waals surface area (Å²) in [4.78, 5) is 7.31. The first-order valence-electron chi connectivity index (χ1n) is 8.25. The Hall–Kier alpha value is -1.66. The molecule has 0 radical (unpaired) electrons. The molecule has 0 amide bonds. The predicted octanol–water partition coefficient (Wildman–Crippen LogP) is 2.19. The van der Waals surface area contributed by atoms with E-state index in [0.29, 0.717) is 11.7 Å². The molecule has 3 aliphatic heterocycles. The van der Waals surface area contributed by atoms with E-state index in [9.17, 15) is 9.60 Å². The smallest absolute Gasteiger partial charge is 0.155 e. The summed E-state index contributed by atoms with van der Waals surface area (Å²) in [5.41, 5.74) is 2.56. The van der Waals surface area contributed by atoms with Crippen molar-refractivity contribution in [3.8, 4) is 5.75 Å². The largest absolute Gasteiger partial charge is 0.497 e. The molecule has 23 heavy (non-hydrogen) atoms. The van der Waals surface area contributed by atoms with E-state index in [-0.39, 0.29) is 23.0 Å². The number of rotatable bonds is 3. The van der Waals surface area contributed by atoms with E-state index in [1.165, 1.54) is 13.2 Å². The summed E-state index contributed by atoms with van der Waals surface area (Å²) in [7, 11) is 1.50. The number of hydrogen-bond acceptors (Lipinski definition) is 4. The van der Waals surface area contributed by atoms with E-state index >= 15 is 0 Å². The summed E-state index contributed by atoms with van der Waals surface area (Å²) in [6.07, 6.45) is 4.59. The van der Waals surface area contributed by atoms with Crippen LogP contribution in [0.1, 0.15) is 31.2 Å². The van der Waals surface area contributed by atoms with Crippen LogP contribution in [0.5, 0.6) is 5.75 Å². The van der Waals surface area contributed by atoms with Crippen LogP contribution in [0.2, 0.25) is 0 Å². The van der Waals surface area contributed by atoms with Gasteiger partial charge >= 0.3 is 0 Å². The highest BCUT2D eigenvalue weighted by Gasteiger charge is 2.60. The van der Waals surface area contributed by atoms with Crippen molar-refractivity contribution in [3.63, 3.8) is 0 Å². The van der Waals surface area contributed by atoms with Crippen LogP contribution in [0.3, 0.4) is 0 Å². The van der Waals surface area contributed by atoms with Crippen LogP contribution in [0.4, 0.5) is 4.39 Å². The Balaban J connectivity index is 1.68. The topological polar surface area (TPSA) is 57.1 Å². The molecule has 2 bridgehead atoms. The van der Waals surface area contributed by atoms with Gasteiger partial charge < -0.3 is 4.74 Å². The number of halogens is 1. The molecule has 1 aliphatic carbocycles. The molecule has 1 spiro atoms. The van der Waals surface area contributed by atoms with E-state index in [1.807, 2.05) is 0 Å². The van der Waals surface area contributed by atoms with Gasteiger partial charge in [-0.15, -0.1) is 0 Å². The van der Waals surface area contributed by atoms with Gasteiger partial charge in [0, 0.05) is 11.6 Å². The highest BCUT2D eigenvalue weighted by atomic mass is 19.1. The molecule has 3 heterocycles. The average molecular weight is 319 g/mol. The summed E-state index contributed by atoms with van der Waals surface area (Å²) in [5, 5.41) is 9.53. The number of fused-ring (bicyclic) bond motifs is 2. The number of ether oxygens (including phenoxy) is 1. The normalized spacial score (nSPS) is 31.3. The van der Waals surface area contributed by atoms with Crippen LogP contribution in [0, 0.1) is 11.7 Å². The molecule has 1 aromatic rings. The summed E-state index contributed by atoms with van der Waals surface area (Å²) in [6, 6.07) is 4.72. The zero-order valence-electron chi connectivity index (χ0n) is 13.3. The van der Waals surface area contributed by atoms with Gasteiger partial charge in [-0.3, -0.25) is 20.6 Å². The minimum atomic E-state index is -0.448. The van der Waals surface area contributed by atoms with Crippen molar-refractivity contribution in [2.45, 2.75) is 37.3 Å². The number of hydroxylamine groups is 1. The molecule has 1 aromatic carbocycles. The van der Waals surface area contributed by atoms with Gasteiger partial charge in [-0.05, 0) is 56.8 Å². The minimum absolute atomic E-state index is 0.140. The van der Waals surface area contributed by atoms with Gasteiger partial charge in [-0.2, -0.15) is 0 Å². The molecule has 0 aromatic heterocycles. The lowest BCUT2D eigenvalue weighted by Crippen LogP contribution is -2.59. The van der Waals surface area contributed by atoms with E-state index in [1.54, 1.807) is 12.1 Å². The van der Waals surface area contributed by atoms with Crippen LogP contribution >= 0.6 is 0 Å². The molecule has 5 nitrogen and oxygen atoms in total. The third kappa shape index (κ3) is 2.32. The number of piperidine rings is 3. The van der Waals surface area contributed by atoms with Gasteiger partial charge in [-0.25, -0.2) is 4.39 Å². The Labute approximate surface area is 135 Å². The molecule has 124 valence electrons. The lowest BCUT2D eigenvalue weighted by Gasteiger charge is -2.50. The third-order valence-electron chi connectivity index (χ3n) is 5.73. The standard InChI is InChI=1S/C17H22FN3O2/c1-23-12-2-3-13(14(18)10-12)16(20-22)19-15-11-4-8-21(9-5-11)17(15)6-7-17/h2-3,10-11,15,22H,4-9H2,1H3,(H,19,20)/t15-/m1/s1. The molecule has 0 unspecified atom stereocenters. The Morgan fingerprint density at radius 1 is 1.39 bits per heavy atom. The van der Waals surface area contributed by atoms with E-state index in [4.69, 9.17) is 9.73 Å². The fourth-order valence-corrected chi connectivity index (χ4v) is 4.36. The van der Waals surface area contributed by atoms with Crippen LogP contribution in [0.25, 0.3) is 0 Å². The Bertz CT molecular complexity index is 637. The van der Waals surface area contributed by atoms with Gasteiger partial charge in [0.2, 0.25) is 0 Å². The lowest BCUT2D eigenvalue weighted by molar-refractivity contribution is 0.0131. The number of aliphatic imine (C=N–C) groups is 1. The van der Waals surface area contributed by atoms with Gasteiger partial charge in [0.15, 0.2) is 5.84 Å². The van der Waals surface area contributed by atoms with Crippen LogP contribution in [-0.2, 0) is 0 Å². The van der Waals surface area contributed by atoms with Gasteiger partial charge in [0.25, 0.3) is 0 Å². The van der Waals surface area contributed by atoms with Crippen molar-refractivity contribution in [2.75, 3.05) is 20.2 Å². The quantitative estimate of drug-likeness (QED) is 0.509. The van der Waals surface area contributed by atoms with Crippen molar-refractivity contribution in [3.05, 3.63) is 29.6 Å². The molecular weight excluding hydrogens is 297 g/mol. The molecule has 3 saturated heterocycles. The lowest BCUT2D eigenvalue weighted by atomic mass is 9.77. The van der Waals surface area contributed by atoms with Crippen LogP contribution < -0.4 is 10.2 Å². The highest BCUT2D eigenvalue weighted by molar-refractivity contribution is 5.98. The first kappa shape index (κ1) is 14.9. The second-order valence-electron chi connectivity index (χ2n) is 6.81. The number of methoxy groups -OCH3 is 1. The molecule has 6 heteroatoms. The zero-order chi connectivity index (χ0) is 16.0. The van der Waals surface area contributed by atoms with Gasteiger partial charge in [-0.1, -0.05) is 0 Å². The third-order valence-corrected chi connectivity index (χ3v) is 5.73. The highest BCUT2D eigenvalue weighted by Crippen LogP contribution is 2.55. The summed E-state index contributed by atoms with van der Waals surface area (Å²) in [5.74, 6) is 0.753. The number of amidine groups is 1. The van der Waals surface area contributed by atoms with Crippen molar-refractivity contribution < 1.29 is 14.3 Å². The Morgan fingerprint density at radius 3 is 2.70 bits per heavy atom. The van der Waals surface area contributed by atoms with Crippen LogP contribution in [-0.4, -0.2) is 47.7 Å². The minimum Gasteiger partial charge on any atom is -0.497 e. The molecule has 2 N–H and O–H groups in total. The zero-order valence-corrected chi connectivity index (χ0v) is 13.3. The summed E-state index contributed by atoms with van der Waals surface area (Å²) >= 11 is 0. The van der Waals surface area contributed by atoms with Gasteiger partial charge in [0.05, 0.1) is 18.7 Å². The summed E-state index contributed by atoms with van der Waals surface area (Å²) < 4.78 is 19.3. The monoisotopic (exact) mass is 319 g/mol. The summed E-state index contributed by atoms with van der Waals surface area (Å²) in [6.45, 7) is 2.30. The van der Waals surface area contributed by atoms with Gasteiger partial charge in [0.1, 0.15) is 11.6 Å². The molecule has 5 rings (SSSR count). The molecule has 4 fully saturated rings. The van der Waals surface area contributed by atoms with E-state index < -0.39 is 5.82 Å².